The molecule has 0 atom stereocenters. The van der Waals surface area contributed by atoms with E-state index >= 15 is 0 Å². The molecule has 5 nitrogen and oxygen atoms in total. The summed E-state index contributed by atoms with van der Waals surface area (Å²) in [5.41, 5.74) is 11.7. The molecule has 7 aromatic carbocycles. The molecule has 2 aromatic heterocycles. The predicted molar refractivity (Wildman–Crippen MR) is 200 cm³/mol. The normalized spacial score (nSPS) is 11.1. The maximum absolute atomic E-state index is 10.3. The van der Waals surface area contributed by atoms with Gasteiger partial charge < -0.3 is 9.13 Å². The Balaban J connectivity index is 1.18. The fraction of sp³-hybridized carbons (Fsp3) is 0. The summed E-state index contributed by atoms with van der Waals surface area (Å²) in [4.78, 5) is 0. The largest absolute Gasteiger partial charge is 0.309 e. The highest BCUT2D eigenvalue weighted by atomic mass is 15.0. The van der Waals surface area contributed by atoms with Crippen LogP contribution in [0.3, 0.4) is 0 Å². The van der Waals surface area contributed by atoms with Gasteiger partial charge in [-0.1, -0.05) is 84.9 Å². The number of hydrogen-bond acceptors (Lipinski definition) is 3. The Hall–Kier alpha value is -7.39. The van der Waals surface area contributed by atoms with E-state index < -0.39 is 0 Å². The monoisotopic (exact) mass is 635 g/mol. The number of fused-ring (bicyclic) bond motifs is 6. The third-order valence-electron chi connectivity index (χ3n) is 9.62. The zero-order valence-corrected chi connectivity index (χ0v) is 26.7. The molecule has 0 fully saturated rings. The van der Waals surface area contributed by atoms with Gasteiger partial charge in [-0.15, -0.1) is 0 Å². The SMILES string of the molecule is N#Cc1ccc2c(c1)c1ccc(C#N)cc1n2-c1cccc(-c2ccc(-c3c(C#N)cccc3-n3c4ccccc4c4ccccc43)cc2)c1. The van der Waals surface area contributed by atoms with Gasteiger partial charge in [0.05, 0.1) is 62.7 Å². The van der Waals surface area contributed by atoms with Gasteiger partial charge >= 0.3 is 0 Å². The summed E-state index contributed by atoms with van der Waals surface area (Å²) in [5, 5.41) is 33.9. The van der Waals surface area contributed by atoms with Crippen molar-refractivity contribution in [1.82, 2.24) is 9.13 Å². The minimum absolute atomic E-state index is 0.576. The maximum Gasteiger partial charge on any atom is 0.0998 e. The summed E-state index contributed by atoms with van der Waals surface area (Å²) in [5.74, 6) is 0. The average molecular weight is 636 g/mol. The van der Waals surface area contributed by atoms with Gasteiger partial charge in [0.15, 0.2) is 0 Å². The molecule has 0 unspecified atom stereocenters. The van der Waals surface area contributed by atoms with Crippen molar-refractivity contribution >= 4 is 43.6 Å². The average Bonchev–Trinajstić information content (AvgIpc) is 3.69. The number of benzene rings is 7. The van der Waals surface area contributed by atoms with Crippen molar-refractivity contribution in [3.05, 3.63) is 168 Å². The van der Waals surface area contributed by atoms with E-state index in [9.17, 15) is 15.8 Å². The quantitative estimate of drug-likeness (QED) is 0.193. The van der Waals surface area contributed by atoms with Crippen molar-refractivity contribution in [2.75, 3.05) is 0 Å². The van der Waals surface area contributed by atoms with Gasteiger partial charge in [-0.2, -0.15) is 15.8 Å². The van der Waals surface area contributed by atoms with Gasteiger partial charge in [0.25, 0.3) is 0 Å². The number of para-hydroxylation sites is 2. The molecule has 0 saturated carbocycles. The van der Waals surface area contributed by atoms with Gasteiger partial charge in [-0.25, -0.2) is 0 Å². The van der Waals surface area contributed by atoms with Crippen molar-refractivity contribution in [3.8, 4) is 51.8 Å². The number of hydrogen-bond donors (Lipinski definition) is 0. The lowest BCUT2D eigenvalue weighted by Gasteiger charge is -2.16. The van der Waals surface area contributed by atoms with Gasteiger partial charge in [0.2, 0.25) is 0 Å². The molecule has 0 amide bonds. The molecule has 0 aliphatic carbocycles. The molecule has 50 heavy (non-hydrogen) atoms. The smallest absolute Gasteiger partial charge is 0.0998 e. The lowest BCUT2D eigenvalue weighted by Crippen LogP contribution is -1.99. The number of aromatic nitrogens is 2. The first-order valence-corrected chi connectivity index (χ1v) is 16.3. The Morgan fingerprint density at radius 2 is 1.00 bits per heavy atom. The molecule has 230 valence electrons. The topological polar surface area (TPSA) is 81.2 Å². The molecular formula is C45H25N5. The maximum atomic E-state index is 10.3. The van der Waals surface area contributed by atoms with Crippen LogP contribution in [0.1, 0.15) is 16.7 Å². The first-order chi connectivity index (χ1) is 24.7. The molecule has 0 aliphatic heterocycles. The minimum atomic E-state index is 0.576. The molecule has 0 aliphatic rings. The van der Waals surface area contributed by atoms with Crippen LogP contribution in [0.25, 0.3) is 77.2 Å². The number of nitriles is 3. The van der Waals surface area contributed by atoms with Crippen LogP contribution in [0.15, 0.2) is 152 Å². The fourth-order valence-corrected chi connectivity index (χ4v) is 7.40. The van der Waals surface area contributed by atoms with E-state index in [1.165, 1.54) is 10.8 Å². The molecule has 2 heterocycles. The summed E-state index contributed by atoms with van der Waals surface area (Å²) >= 11 is 0. The Morgan fingerprint density at radius 1 is 0.380 bits per heavy atom. The summed E-state index contributed by atoms with van der Waals surface area (Å²) in [6.45, 7) is 0. The second kappa shape index (κ2) is 11.4. The summed E-state index contributed by atoms with van der Waals surface area (Å²) < 4.78 is 4.42. The summed E-state index contributed by atoms with van der Waals surface area (Å²) in [6.07, 6.45) is 0. The van der Waals surface area contributed by atoms with E-state index in [1.807, 2.05) is 54.6 Å². The summed E-state index contributed by atoms with van der Waals surface area (Å²) in [7, 11) is 0. The Bertz CT molecular complexity index is 2900. The van der Waals surface area contributed by atoms with E-state index in [4.69, 9.17) is 0 Å². The lowest BCUT2D eigenvalue weighted by molar-refractivity contribution is 1.18. The molecular weight excluding hydrogens is 611 g/mol. The molecule has 0 N–H and O–H groups in total. The van der Waals surface area contributed by atoms with Gasteiger partial charge in [-0.3, -0.25) is 0 Å². The van der Waals surface area contributed by atoms with Gasteiger partial charge in [0, 0.05) is 32.8 Å². The number of nitrogens with zero attached hydrogens (tertiary/aromatic N) is 5. The highest BCUT2D eigenvalue weighted by molar-refractivity contribution is 6.11. The molecule has 0 spiro atoms. The van der Waals surface area contributed by atoms with Crippen LogP contribution >= 0.6 is 0 Å². The van der Waals surface area contributed by atoms with Crippen LogP contribution < -0.4 is 0 Å². The second-order valence-electron chi connectivity index (χ2n) is 12.3. The van der Waals surface area contributed by atoms with Gasteiger partial charge in [0.1, 0.15) is 0 Å². The zero-order valence-electron chi connectivity index (χ0n) is 26.7. The highest BCUT2D eigenvalue weighted by Crippen LogP contribution is 2.39. The van der Waals surface area contributed by atoms with Crippen molar-refractivity contribution in [3.63, 3.8) is 0 Å². The van der Waals surface area contributed by atoms with E-state index in [1.54, 1.807) is 0 Å². The van der Waals surface area contributed by atoms with Crippen molar-refractivity contribution < 1.29 is 0 Å². The first kappa shape index (κ1) is 28.8. The molecule has 0 saturated heterocycles. The van der Waals surface area contributed by atoms with E-state index in [-0.39, 0.29) is 0 Å². The van der Waals surface area contributed by atoms with Gasteiger partial charge in [-0.05, 0) is 83.4 Å². The first-order valence-electron chi connectivity index (χ1n) is 16.3. The van der Waals surface area contributed by atoms with Crippen LogP contribution in [0.4, 0.5) is 0 Å². The molecule has 5 heteroatoms. The lowest BCUT2D eigenvalue weighted by atomic mass is 9.95. The highest BCUT2D eigenvalue weighted by Gasteiger charge is 2.19. The van der Waals surface area contributed by atoms with Crippen molar-refractivity contribution in [2.24, 2.45) is 0 Å². The van der Waals surface area contributed by atoms with E-state index in [0.717, 1.165) is 66.5 Å². The Labute approximate surface area is 287 Å². The van der Waals surface area contributed by atoms with E-state index in [0.29, 0.717) is 16.7 Å². The third kappa shape index (κ3) is 4.38. The van der Waals surface area contributed by atoms with Crippen LogP contribution in [-0.4, -0.2) is 9.13 Å². The van der Waals surface area contributed by atoms with Crippen molar-refractivity contribution in [2.45, 2.75) is 0 Å². The van der Waals surface area contributed by atoms with Crippen LogP contribution in [0, 0.1) is 34.0 Å². The van der Waals surface area contributed by atoms with E-state index in [2.05, 4.69) is 124 Å². The molecule has 9 rings (SSSR count). The standard InChI is InChI=1S/C45H25N5/c46-26-29-16-22-42-39(23-29)38-21-15-30(27-47)24-44(38)49(42)35-9-5-7-33(25-35)31-17-19-32(20-18-31)45-34(28-48)8-6-14-43(45)50-40-12-3-1-10-36(40)37-11-2-4-13-41(37)50/h1-25H. The Morgan fingerprint density at radius 3 is 1.72 bits per heavy atom. The van der Waals surface area contributed by atoms with Crippen LogP contribution in [0.5, 0.6) is 0 Å². The number of rotatable bonds is 4. The molecule has 0 bridgehead atoms. The van der Waals surface area contributed by atoms with Crippen molar-refractivity contribution in [1.29, 1.82) is 15.8 Å². The second-order valence-corrected chi connectivity index (χ2v) is 12.3. The minimum Gasteiger partial charge on any atom is -0.309 e. The fourth-order valence-electron chi connectivity index (χ4n) is 7.40. The summed E-state index contributed by atoms with van der Waals surface area (Å²) in [6, 6.07) is 57.9. The zero-order chi connectivity index (χ0) is 33.8. The van der Waals surface area contributed by atoms with Crippen LogP contribution in [0.2, 0.25) is 0 Å². The Kier molecular flexibility index (Phi) is 6.56. The van der Waals surface area contributed by atoms with Crippen LogP contribution in [-0.2, 0) is 0 Å². The molecule has 9 aromatic rings. The predicted octanol–water partition coefficient (Wildman–Crippen LogP) is 10.8. The molecule has 0 radical (unpaired) electrons. The third-order valence-corrected chi connectivity index (χ3v) is 9.62.